The van der Waals surface area contributed by atoms with Gasteiger partial charge in [0.2, 0.25) is 0 Å². The smallest absolute Gasteiger partial charge is 0.268 e. The molecule has 0 saturated heterocycles. The largest absolute Gasteiger partial charge is 0.393 e. The molecule has 0 spiro atoms. The van der Waals surface area contributed by atoms with Crippen molar-refractivity contribution in [2.45, 2.75) is 24.4 Å². The van der Waals surface area contributed by atoms with Gasteiger partial charge < -0.3 is 5.11 Å². The first-order valence-electron chi connectivity index (χ1n) is 2.49. The molecule has 0 aromatic rings. The van der Waals surface area contributed by atoms with E-state index in [1.165, 1.54) is 6.92 Å². The molecule has 2 unspecified atom stereocenters. The molecule has 0 heterocycles. The summed E-state index contributed by atoms with van der Waals surface area (Å²) in [5, 5.41) is 18.5. The van der Waals surface area contributed by atoms with E-state index in [0.29, 0.717) is 0 Å². The summed E-state index contributed by atoms with van der Waals surface area (Å²) >= 11 is 2.78. The molecule has 0 aromatic carbocycles. The molecule has 0 aliphatic carbocycles. The molecular formula is C4H8BrNO3. The van der Waals surface area contributed by atoms with Gasteiger partial charge in [-0.2, -0.15) is 0 Å². The van der Waals surface area contributed by atoms with E-state index in [2.05, 4.69) is 15.9 Å². The van der Waals surface area contributed by atoms with Crippen LogP contribution in [0, 0.1) is 10.1 Å². The third kappa shape index (κ3) is 4.35. The van der Waals surface area contributed by atoms with E-state index in [9.17, 15) is 10.1 Å². The number of halogens is 1. The fourth-order valence-corrected chi connectivity index (χ4v) is 0.909. The highest BCUT2D eigenvalue weighted by atomic mass is 79.9. The number of rotatable bonds is 3. The van der Waals surface area contributed by atoms with Crippen LogP contribution in [0.3, 0.4) is 0 Å². The Morgan fingerprint density at radius 2 is 2.33 bits per heavy atom. The van der Waals surface area contributed by atoms with Gasteiger partial charge in [-0.3, -0.25) is 10.1 Å². The second-order valence-corrected chi connectivity index (χ2v) is 2.86. The van der Waals surface area contributed by atoms with Crippen LogP contribution in [0.1, 0.15) is 13.3 Å². The van der Waals surface area contributed by atoms with E-state index in [-0.39, 0.29) is 6.42 Å². The molecule has 0 aromatic heterocycles. The summed E-state index contributed by atoms with van der Waals surface area (Å²) in [6.45, 7) is 1.51. The lowest BCUT2D eigenvalue weighted by Crippen LogP contribution is -2.17. The molecule has 0 fully saturated rings. The standard InChI is InChI=1S/C4H8BrNO3/c1-3(7)2-4(5)6(8)9/h3-4,7H,2H2,1H3. The number of nitro groups is 1. The molecule has 2 atom stereocenters. The van der Waals surface area contributed by atoms with Gasteiger partial charge in [-0.15, -0.1) is 0 Å². The first kappa shape index (κ1) is 8.84. The van der Waals surface area contributed by atoms with Crippen LogP contribution < -0.4 is 0 Å². The van der Waals surface area contributed by atoms with Crippen LogP contribution in [0.25, 0.3) is 0 Å². The maximum absolute atomic E-state index is 9.88. The van der Waals surface area contributed by atoms with Gasteiger partial charge in [-0.25, -0.2) is 0 Å². The maximum Gasteiger partial charge on any atom is 0.268 e. The average Bonchev–Trinajstić information content (AvgIpc) is 1.63. The van der Waals surface area contributed by atoms with Gasteiger partial charge in [0.15, 0.2) is 0 Å². The SMILES string of the molecule is CC(O)CC(Br)[N+](=O)[O-]. The van der Waals surface area contributed by atoms with E-state index in [0.717, 1.165) is 0 Å². The lowest BCUT2D eigenvalue weighted by molar-refractivity contribution is -0.495. The fourth-order valence-electron chi connectivity index (χ4n) is 0.368. The van der Waals surface area contributed by atoms with Gasteiger partial charge in [-0.05, 0) is 22.9 Å². The van der Waals surface area contributed by atoms with Crippen molar-refractivity contribution in [1.29, 1.82) is 0 Å². The first-order chi connectivity index (χ1) is 4.04. The van der Waals surface area contributed by atoms with Crippen LogP contribution in [-0.2, 0) is 0 Å². The molecule has 0 saturated carbocycles. The Labute approximate surface area is 61.1 Å². The van der Waals surface area contributed by atoms with Crippen molar-refractivity contribution in [3.8, 4) is 0 Å². The predicted molar refractivity (Wildman–Crippen MR) is 36.0 cm³/mol. The Morgan fingerprint density at radius 1 is 1.89 bits per heavy atom. The highest BCUT2D eigenvalue weighted by Gasteiger charge is 2.16. The Bertz CT molecular complexity index is 106. The molecule has 9 heavy (non-hydrogen) atoms. The van der Waals surface area contributed by atoms with Crippen molar-refractivity contribution in [1.82, 2.24) is 0 Å². The zero-order valence-corrected chi connectivity index (χ0v) is 6.54. The minimum atomic E-state index is -0.822. The Kier molecular flexibility index (Phi) is 3.72. The quantitative estimate of drug-likeness (QED) is 0.315. The molecule has 0 radical (unpaired) electrons. The number of nitrogens with zero attached hydrogens (tertiary/aromatic N) is 1. The van der Waals surface area contributed by atoms with Crippen LogP contribution in [0.5, 0.6) is 0 Å². The highest BCUT2D eigenvalue weighted by Crippen LogP contribution is 2.07. The summed E-state index contributed by atoms with van der Waals surface area (Å²) in [4.78, 5) is 8.58. The minimum absolute atomic E-state index is 0.146. The van der Waals surface area contributed by atoms with E-state index in [1.807, 2.05) is 0 Å². The summed E-state index contributed by atoms with van der Waals surface area (Å²) in [6, 6.07) is 0. The molecule has 0 aliphatic rings. The summed E-state index contributed by atoms with van der Waals surface area (Å²) in [6.07, 6.45) is -0.479. The Hall–Kier alpha value is -0.160. The zero-order valence-electron chi connectivity index (χ0n) is 4.95. The fraction of sp³-hybridized carbons (Fsp3) is 1.00. The van der Waals surface area contributed by atoms with Crippen molar-refractivity contribution in [2.75, 3.05) is 0 Å². The average molecular weight is 198 g/mol. The van der Waals surface area contributed by atoms with E-state index >= 15 is 0 Å². The topological polar surface area (TPSA) is 63.4 Å². The molecule has 1 N–H and O–H groups in total. The minimum Gasteiger partial charge on any atom is -0.393 e. The molecule has 0 amide bonds. The summed E-state index contributed by atoms with van der Waals surface area (Å²) in [7, 11) is 0. The van der Waals surface area contributed by atoms with Gasteiger partial charge in [0, 0.05) is 4.92 Å². The molecule has 4 nitrogen and oxygen atoms in total. The maximum atomic E-state index is 9.88. The Morgan fingerprint density at radius 3 is 2.44 bits per heavy atom. The third-order valence-electron chi connectivity index (χ3n) is 0.764. The summed E-state index contributed by atoms with van der Waals surface area (Å²) in [5.74, 6) is 0. The molecule has 0 rings (SSSR count). The van der Waals surface area contributed by atoms with Gasteiger partial charge in [0.05, 0.1) is 12.5 Å². The van der Waals surface area contributed by atoms with Crippen LogP contribution in [-0.4, -0.2) is 21.1 Å². The number of hydrogen-bond donors (Lipinski definition) is 1. The van der Waals surface area contributed by atoms with Crippen molar-refractivity contribution in [3.63, 3.8) is 0 Å². The molecular weight excluding hydrogens is 190 g/mol. The van der Waals surface area contributed by atoms with Gasteiger partial charge in [0.1, 0.15) is 0 Å². The van der Waals surface area contributed by atoms with E-state index in [4.69, 9.17) is 5.11 Å². The molecule has 0 aliphatic heterocycles. The number of hydrogen-bond acceptors (Lipinski definition) is 3. The lowest BCUT2D eigenvalue weighted by atomic mass is 10.3. The van der Waals surface area contributed by atoms with Crippen LogP contribution in [0.2, 0.25) is 0 Å². The van der Waals surface area contributed by atoms with E-state index in [1.54, 1.807) is 0 Å². The molecule has 0 bridgehead atoms. The normalized spacial score (nSPS) is 16.8. The second kappa shape index (κ2) is 3.79. The van der Waals surface area contributed by atoms with Crippen LogP contribution in [0.15, 0.2) is 0 Å². The van der Waals surface area contributed by atoms with Crippen molar-refractivity contribution < 1.29 is 10.0 Å². The number of aliphatic hydroxyl groups is 1. The molecule has 5 heteroatoms. The summed E-state index contributed by atoms with van der Waals surface area (Å²) in [5.41, 5.74) is 0. The highest BCUT2D eigenvalue weighted by molar-refractivity contribution is 9.09. The van der Waals surface area contributed by atoms with Gasteiger partial charge in [-0.1, -0.05) is 0 Å². The van der Waals surface area contributed by atoms with Crippen LogP contribution >= 0.6 is 15.9 Å². The van der Waals surface area contributed by atoms with Crippen molar-refractivity contribution in [3.05, 3.63) is 10.1 Å². The molecule has 54 valence electrons. The number of alkyl halides is 1. The third-order valence-corrected chi connectivity index (χ3v) is 1.47. The lowest BCUT2D eigenvalue weighted by Gasteiger charge is -2.02. The Balaban J connectivity index is 3.50. The first-order valence-corrected chi connectivity index (χ1v) is 3.41. The van der Waals surface area contributed by atoms with Gasteiger partial charge in [0.25, 0.3) is 4.95 Å². The van der Waals surface area contributed by atoms with E-state index < -0.39 is 16.0 Å². The predicted octanol–water partition coefficient (Wildman–Crippen LogP) is 0.755. The zero-order chi connectivity index (χ0) is 7.44. The van der Waals surface area contributed by atoms with Crippen LogP contribution in [0.4, 0.5) is 0 Å². The second-order valence-electron chi connectivity index (χ2n) is 1.80. The van der Waals surface area contributed by atoms with Crippen molar-refractivity contribution >= 4 is 15.9 Å². The summed E-state index contributed by atoms with van der Waals surface area (Å²) < 4.78 is 0. The monoisotopic (exact) mass is 197 g/mol. The van der Waals surface area contributed by atoms with Crippen molar-refractivity contribution in [2.24, 2.45) is 0 Å². The van der Waals surface area contributed by atoms with Gasteiger partial charge >= 0.3 is 0 Å². The number of aliphatic hydroxyl groups excluding tert-OH is 1.